The van der Waals surface area contributed by atoms with Gasteiger partial charge in [-0.3, -0.25) is 9.59 Å². The lowest BCUT2D eigenvalue weighted by atomic mass is 10.0. The van der Waals surface area contributed by atoms with Crippen LogP contribution in [0.1, 0.15) is 32.3 Å². The molecule has 0 aliphatic carbocycles. The molecule has 2 amide bonds. The van der Waals surface area contributed by atoms with Gasteiger partial charge in [-0.25, -0.2) is 4.79 Å². The summed E-state index contributed by atoms with van der Waals surface area (Å²) in [6.07, 6.45) is 2.94. The molecule has 0 aliphatic rings. The van der Waals surface area contributed by atoms with Crippen molar-refractivity contribution < 1.29 is 19.5 Å². The number of carbonyl (C=O) groups excluding carboxylic acids is 2. The minimum absolute atomic E-state index is 0.135. The summed E-state index contributed by atoms with van der Waals surface area (Å²) in [5.74, 6) is -1.27. The van der Waals surface area contributed by atoms with E-state index in [9.17, 15) is 19.5 Å². The quantitative estimate of drug-likeness (QED) is 0.414. The standard InChI is InChI=1S/C20H31N3O4S/c1-13(2)11-17(19(25)22-16(20(26)27)9-10-28-3)23-18(24)15(21)12-14-7-5-4-6-8-14/h4-8,13,15-17H,9-12,21H2,1-3H3,(H,22,25)(H,23,24)(H,26,27). The predicted molar refractivity (Wildman–Crippen MR) is 112 cm³/mol. The van der Waals surface area contributed by atoms with Gasteiger partial charge in [-0.05, 0) is 42.8 Å². The third-order valence-electron chi connectivity index (χ3n) is 4.20. The largest absolute Gasteiger partial charge is 0.480 e. The fourth-order valence-corrected chi connectivity index (χ4v) is 3.18. The Morgan fingerprint density at radius 2 is 1.68 bits per heavy atom. The lowest BCUT2D eigenvalue weighted by molar-refractivity contribution is -0.142. The number of hydrogen-bond acceptors (Lipinski definition) is 5. The van der Waals surface area contributed by atoms with Gasteiger partial charge in [0.25, 0.3) is 0 Å². The highest BCUT2D eigenvalue weighted by atomic mass is 32.2. The highest BCUT2D eigenvalue weighted by Gasteiger charge is 2.28. The number of nitrogens with one attached hydrogen (secondary N) is 2. The number of nitrogens with two attached hydrogens (primary N) is 1. The van der Waals surface area contributed by atoms with Crippen molar-refractivity contribution in [3.63, 3.8) is 0 Å². The number of carboxylic acids is 1. The van der Waals surface area contributed by atoms with E-state index in [1.165, 1.54) is 11.8 Å². The van der Waals surface area contributed by atoms with E-state index >= 15 is 0 Å². The van der Waals surface area contributed by atoms with E-state index in [2.05, 4.69) is 10.6 Å². The Kier molecular flexibility index (Phi) is 10.6. The molecule has 0 spiro atoms. The number of amides is 2. The summed E-state index contributed by atoms with van der Waals surface area (Å²) in [6, 6.07) is 6.79. The van der Waals surface area contributed by atoms with E-state index in [0.717, 1.165) is 5.56 Å². The molecule has 1 aromatic carbocycles. The van der Waals surface area contributed by atoms with Crippen molar-refractivity contribution in [3.8, 4) is 0 Å². The Bertz CT molecular complexity index is 640. The van der Waals surface area contributed by atoms with Crippen LogP contribution < -0.4 is 16.4 Å². The molecule has 1 rings (SSSR count). The van der Waals surface area contributed by atoms with Crippen LogP contribution in [0.5, 0.6) is 0 Å². The van der Waals surface area contributed by atoms with Gasteiger partial charge in [0.05, 0.1) is 6.04 Å². The van der Waals surface area contributed by atoms with Crippen molar-refractivity contribution in [1.82, 2.24) is 10.6 Å². The molecule has 7 nitrogen and oxygen atoms in total. The monoisotopic (exact) mass is 409 g/mol. The lowest BCUT2D eigenvalue weighted by Gasteiger charge is -2.24. The third-order valence-corrected chi connectivity index (χ3v) is 4.84. The van der Waals surface area contributed by atoms with Crippen molar-refractivity contribution in [3.05, 3.63) is 35.9 Å². The van der Waals surface area contributed by atoms with E-state index < -0.39 is 35.9 Å². The number of thioether (sulfide) groups is 1. The van der Waals surface area contributed by atoms with Crippen molar-refractivity contribution >= 4 is 29.5 Å². The average Bonchev–Trinajstić information content (AvgIpc) is 2.64. The maximum absolute atomic E-state index is 12.6. The first kappa shape index (κ1) is 24.0. The van der Waals surface area contributed by atoms with Crippen LogP contribution in [0.25, 0.3) is 0 Å². The summed E-state index contributed by atoms with van der Waals surface area (Å²) in [5, 5.41) is 14.6. The van der Waals surface area contributed by atoms with E-state index in [0.29, 0.717) is 25.0 Å². The Labute approximate surface area is 170 Å². The SMILES string of the molecule is CSCCC(NC(=O)C(CC(C)C)NC(=O)C(N)Cc1ccccc1)C(=O)O. The molecule has 3 unspecified atom stereocenters. The van der Waals surface area contributed by atoms with E-state index in [1.807, 2.05) is 50.4 Å². The Balaban J connectivity index is 2.75. The smallest absolute Gasteiger partial charge is 0.326 e. The molecule has 5 N–H and O–H groups in total. The molecule has 0 radical (unpaired) electrons. The molecule has 0 aromatic heterocycles. The van der Waals surface area contributed by atoms with E-state index in [1.54, 1.807) is 0 Å². The second-order valence-corrected chi connectivity index (χ2v) is 8.15. The highest BCUT2D eigenvalue weighted by Crippen LogP contribution is 2.08. The maximum Gasteiger partial charge on any atom is 0.326 e. The molecular weight excluding hydrogens is 378 g/mol. The van der Waals surface area contributed by atoms with Crippen LogP contribution in [0.3, 0.4) is 0 Å². The van der Waals surface area contributed by atoms with Crippen LogP contribution in [-0.2, 0) is 20.8 Å². The summed E-state index contributed by atoms with van der Waals surface area (Å²) in [5.41, 5.74) is 6.93. The zero-order valence-corrected chi connectivity index (χ0v) is 17.5. The zero-order chi connectivity index (χ0) is 21.1. The van der Waals surface area contributed by atoms with Gasteiger partial charge in [-0.15, -0.1) is 0 Å². The number of hydrogen-bond donors (Lipinski definition) is 4. The zero-order valence-electron chi connectivity index (χ0n) is 16.7. The number of carboxylic acid groups (broad SMARTS) is 1. The minimum atomic E-state index is -1.09. The molecule has 0 saturated carbocycles. The number of rotatable bonds is 12. The van der Waals surface area contributed by atoms with E-state index in [4.69, 9.17) is 5.73 Å². The molecule has 156 valence electrons. The molecular formula is C20H31N3O4S. The molecule has 0 aliphatic heterocycles. The highest BCUT2D eigenvalue weighted by molar-refractivity contribution is 7.98. The Morgan fingerprint density at radius 3 is 2.21 bits per heavy atom. The Hall–Kier alpha value is -2.06. The topological polar surface area (TPSA) is 122 Å². The van der Waals surface area contributed by atoms with Crippen LogP contribution in [0, 0.1) is 5.92 Å². The molecule has 0 heterocycles. The Morgan fingerprint density at radius 1 is 1.07 bits per heavy atom. The van der Waals surface area contributed by atoms with Gasteiger partial charge in [-0.2, -0.15) is 11.8 Å². The molecule has 3 atom stereocenters. The lowest BCUT2D eigenvalue weighted by Crippen LogP contribution is -2.55. The molecule has 28 heavy (non-hydrogen) atoms. The van der Waals surface area contributed by atoms with Crippen molar-refractivity contribution in [1.29, 1.82) is 0 Å². The van der Waals surface area contributed by atoms with Crippen LogP contribution in [0.15, 0.2) is 30.3 Å². The fraction of sp³-hybridized carbons (Fsp3) is 0.550. The van der Waals surface area contributed by atoms with Gasteiger partial charge in [0.15, 0.2) is 0 Å². The van der Waals surface area contributed by atoms with Crippen molar-refractivity contribution in [2.75, 3.05) is 12.0 Å². The van der Waals surface area contributed by atoms with Crippen LogP contribution in [-0.4, -0.2) is 53.0 Å². The van der Waals surface area contributed by atoms with Gasteiger partial charge in [0.1, 0.15) is 12.1 Å². The first-order valence-corrected chi connectivity index (χ1v) is 10.8. The number of benzene rings is 1. The van der Waals surface area contributed by atoms with Gasteiger partial charge in [0.2, 0.25) is 11.8 Å². The summed E-state index contributed by atoms with van der Waals surface area (Å²) in [7, 11) is 0. The summed E-state index contributed by atoms with van der Waals surface area (Å²) >= 11 is 1.51. The molecule has 1 aromatic rings. The van der Waals surface area contributed by atoms with Crippen LogP contribution >= 0.6 is 11.8 Å². The second kappa shape index (κ2) is 12.4. The normalized spacial score (nSPS) is 14.2. The molecule has 0 fully saturated rings. The summed E-state index contributed by atoms with van der Waals surface area (Å²) < 4.78 is 0. The van der Waals surface area contributed by atoms with Gasteiger partial charge in [-0.1, -0.05) is 44.2 Å². The fourth-order valence-electron chi connectivity index (χ4n) is 2.71. The van der Waals surface area contributed by atoms with Crippen LogP contribution in [0.2, 0.25) is 0 Å². The van der Waals surface area contributed by atoms with E-state index in [-0.39, 0.29) is 5.92 Å². The summed E-state index contributed by atoms with van der Waals surface area (Å²) in [4.78, 5) is 36.5. The summed E-state index contributed by atoms with van der Waals surface area (Å²) in [6.45, 7) is 3.86. The first-order chi connectivity index (χ1) is 13.2. The van der Waals surface area contributed by atoms with Crippen molar-refractivity contribution in [2.24, 2.45) is 11.7 Å². The van der Waals surface area contributed by atoms with Gasteiger partial charge < -0.3 is 21.5 Å². The number of carbonyl (C=O) groups is 3. The predicted octanol–water partition coefficient (Wildman–Crippen LogP) is 1.41. The van der Waals surface area contributed by atoms with Crippen LogP contribution in [0.4, 0.5) is 0 Å². The average molecular weight is 410 g/mol. The van der Waals surface area contributed by atoms with Gasteiger partial charge in [0, 0.05) is 0 Å². The molecule has 0 bridgehead atoms. The maximum atomic E-state index is 12.6. The third kappa shape index (κ3) is 8.75. The molecule has 8 heteroatoms. The number of aliphatic carboxylic acids is 1. The minimum Gasteiger partial charge on any atom is -0.480 e. The van der Waals surface area contributed by atoms with Gasteiger partial charge >= 0.3 is 5.97 Å². The first-order valence-electron chi connectivity index (χ1n) is 9.36. The molecule has 0 saturated heterocycles. The second-order valence-electron chi connectivity index (χ2n) is 7.17. The van der Waals surface area contributed by atoms with Crippen molar-refractivity contribution in [2.45, 2.75) is 51.2 Å².